The van der Waals surface area contributed by atoms with Gasteiger partial charge in [-0.3, -0.25) is 0 Å². The quantitative estimate of drug-likeness (QED) is 0.165. The topological polar surface area (TPSA) is 81.3 Å². The van der Waals surface area contributed by atoms with Gasteiger partial charge in [0, 0.05) is 67.3 Å². The van der Waals surface area contributed by atoms with Gasteiger partial charge in [0.1, 0.15) is 16.7 Å². The Morgan fingerprint density at radius 3 is 1.36 bits per heavy atom. The van der Waals surface area contributed by atoms with Crippen LogP contribution in [0.3, 0.4) is 0 Å². The van der Waals surface area contributed by atoms with E-state index in [-0.39, 0.29) is 0 Å². The normalized spacial score (nSPS) is 11.9. The van der Waals surface area contributed by atoms with E-state index >= 15 is 0 Å². The van der Waals surface area contributed by atoms with E-state index in [4.69, 9.17) is 18.2 Å². The lowest BCUT2D eigenvalue weighted by Gasteiger charge is -2.26. The summed E-state index contributed by atoms with van der Waals surface area (Å²) in [6.07, 6.45) is 3.53. The molecule has 308 valence electrons. The SMILES string of the molecule is c1ccc2c(c1)oc1nc(-c3ccc(N(c4ccc5cc(-c6ccc7c(c6)oc6ncccc67)ccc5c4)c4ccc5cc(-c6ccc7c(c6)oc6ncccc67)ccc5c4)cc3)ccc12. The van der Waals surface area contributed by atoms with Gasteiger partial charge >= 0.3 is 0 Å². The molecule has 0 unspecified atom stereocenters. The maximum absolute atomic E-state index is 6.15. The minimum absolute atomic E-state index is 0.637. The average molecular weight is 847 g/mol. The number of rotatable bonds is 6. The van der Waals surface area contributed by atoms with Crippen molar-refractivity contribution in [2.75, 3.05) is 4.90 Å². The molecule has 66 heavy (non-hydrogen) atoms. The fourth-order valence-electron chi connectivity index (χ4n) is 9.68. The van der Waals surface area contributed by atoms with Crippen LogP contribution in [0.25, 0.3) is 121 Å². The van der Waals surface area contributed by atoms with Crippen molar-refractivity contribution in [1.29, 1.82) is 0 Å². The summed E-state index contributed by atoms with van der Waals surface area (Å²) in [5, 5.41) is 10.8. The van der Waals surface area contributed by atoms with Crippen molar-refractivity contribution in [3.05, 3.63) is 207 Å². The summed E-state index contributed by atoms with van der Waals surface area (Å²) in [5.41, 5.74) is 13.9. The number of pyridine rings is 3. The highest BCUT2D eigenvalue weighted by molar-refractivity contribution is 6.07. The van der Waals surface area contributed by atoms with Gasteiger partial charge < -0.3 is 18.2 Å². The van der Waals surface area contributed by atoms with E-state index in [0.717, 1.165) is 121 Å². The van der Waals surface area contributed by atoms with Gasteiger partial charge in [0.25, 0.3) is 0 Å². The molecule has 8 aromatic carbocycles. The van der Waals surface area contributed by atoms with Crippen LogP contribution in [0, 0.1) is 0 Å². The first kappa shape index (κ1) is 36.4. The van der Waals surface area contributed by atoms with Gasteiger partial charge in [-0.15, -0.1) is 0 Å². The summed E-state index contributed by atoms with van der Waals surface area (Å²) in [6, 6.07) is 68.4. The molecule has 0 amide bonds. The van der Waals surface area contributed by atoms with Crippen LogP contribution in [0.15, 0.2) is 220 Å². The number of hydrogen-bond acceptors (Lipinski definition) is 7. The zero-order valence-corrected chi connectivity index (χ0v) is 35.1. The Labute approximate surface area is 376 Å². The van der Waals surface area contributed by atoms with Crippen LogP contribution in [0.4, 0.5) is 17.1 Å². The maximum Gasteiger partial charge on any atom is 0.227 e. The van der Waals surface area contributed by atoms with E-state index in [9.17, 15) is 0 Å². The Hall–Kier alpha value is -9.07. The van der Waals surface area contributed by atoms with Crippen LogP contribution < -0.4 is 4.90 Å². The number of nitrogens with zero attached hydrogens (tertiary/aromatic N) is 4. The molecule has 0 atom stereocenters. The molecule has 7 nitrogen and oxygen atoms in total. The Morgan fingerprint density at radius 2 is 0.742 bits per heavy atom. The predicted molar refractivity (Wildman–Crippen MR) is 268 cm³/mol. The molecule has 0 saturated heterocycles. The van der Waals surface area contributed by atoms with E-state index in [1.54, 1.807) is 12.4 Å². The van der Waals surface area contributed by atoms with Crippen molar-refractivity contribution in [3.63, 3.8) is 0 Å². The number of anilines is 3. The number of aromatic nitrogens is 3. The fraction of sp³-hybridized carbons (Fsp3) is 0. The maximum atomic E-state index is 6.15. The molecule has 0 radical (unpaired) electrons. The Balaban J connectivity index is 0.842. The molecule has 7 heteroatoms. The summed E-state index contributed by atoms with van der Waals surface area (Å²) in [6.45, 7) is 0. The minimum atomic E-state index is 0.637. The molecule has 0 aliphatic rings. The molecule has 0 aliphatic carbocycles. The second kappa shape index (κ2) is 14.2. The Bertz CT molecular complexity index is 4060. The average Bonchev–Trinajstić information content (AvgIpc) is 4.07. The Kier molecular flexibility index (Phi) is 7.85. The summed E-state index contributed by atoms with van der Waals surface area (Å²) in [5.74, 6) is 0. The van der Waals surface area contributed by atoms with E-state index < -0.39 is 0 Å². The molecule has 0 bridgehead atoms. The van der Waals surface area contributed by atoms with Crippen LogP contribution in [0.5, 0.6) is 0 Å². The first-order valence-corrected chi connectivity index (χ1v) is 22.0. The van der Waals surface area contributed by atoms with Crippen LogP contribution in [-0.2, 0) is 0 Å². The van der Waals surface area contributed by atoms with Crippen molar-refractivity contribution in [1.82, 2.24) is 15.0 Å². The molecule has 0 aliphatic heterocycles. The molecule has 14 rings (SSSR count). The molecule has 6 heterocycles. The molecule has 0 fully saturated rings. The summed E-state index contributed by atoms with van der Waals surface area (Å²) in [7, 11) is 0. The van der Waals surface area contributed by atoms with Crippen molar-refractivity contribution in [2.24, 2.45) is 0 Å². The molecule has 6 aromatic heterocycles. The number of furan rings is 3. The smallest absolute Gasteiger partial charge is 0.227 e. The second-order valence-corrected chi connectivity index (χ2v) is 16.9. The first-order valence-electron chi connectivity index (χ1n) is 22.0. The zero-order chi connectivity index (χ0) is 43.3. The van der Waals surface area contributed by atoms with Crippen molar-refractivity contribution in [2.45, 2.75) is 0 Å². The van der Waals surface area contributed by atoms with Gasteiger partial charge in [0.05, 0.1) is 5.69 Å². The lowest BCUT2D eigenvalue weighted by molar-refractivity contribution is 0.654. The minimum Gasteiger partial charge on any atom is -0.438 e. The largest absolute Gasteiger partial charge is 0.438 e. The predicted octanol–water partition coefficient (Wildman–Crippen LogP) is 16.3. The lowest BCUT2D eigenvalue weighted by atomic mass is 9.99. The molecule has 0 N–H and O–H groups in total. The second-order valence-electron chi connectivity index (χ2n) is 16.9. The van der Waals surface area contributed by atoms with Gasteiger partial charge in [-0.2, -0.15) is 0 Å². The Morgan fingerprint density at radius 1 is 0.303 bits per heavy atom. The molecule has 0 saturated carbocycles. The van der Waals surface area contributed by atoms with Gasteiger partial charge in [-0.05, 0) is 159 Å². The van der Waals surface area contributed by atoms with Crippen LogP contribution in [0.1, 0.15) is 0 Å². The van der Waals surface area contributed by atoms with Crippen LogP contribution >= 0.6 is 0 Å². The third-order valence-electron chi connectivity index (χ3n) is 13.0. The number of fused-ring (bicyclic) bond motifs is 11. The molecular formula is C59H34N4O3. The van der Waals surface area contributed by atoms with Crippen LogP contribution in [-0.4, -0.2) is 15.0 Å². The highest BCUT2D eigenvalue weighted by Gasteiger charge is 2.17. The molecular weight excluding hydrogens is 813 g/mol. The van der Waals surface area contributed by atoms with Gasteiger partial charge in [-0.1, -0.05) is 78.9 Å². The number of benzene rings is 8. The number of para-hydroxylation sites is 1. The fourth-order valence-corrected chi connectivity index (χ4v) is 9.68. The van der Waals surface area contributed by atoms with Gasteiger partial charge in [-0.25, -0.2) is 15.0 Å². The van der Waals surface area contributed by atoms with E-state index in [2.05, 4.69) is 179 Å². The first-order chi connectivity index (χ1) is 32.6. The highest BCUT2D eigenvalue weighted by Crippen LogP contribution is 2.41. The standard InChI is InChI=1S/C59H34N4O3/c1-2-8-54-47(5-1)52-25-26-53(62-59(52)64-54)35-13-19-44(20-14-35)63(45-21-15-38-29-36(9-11-40(38)31-45)42-17-23-48-50-6-3-27-60-57(50)65-55(48)33-42)46-22-16-39-30-37(10-12-41(39)32-46)43-18-24-49-51-7-4-28-61-58(51)66-56(49)34-43/h1-34H. The summed E-state index contributed by atoms with van der Waals surface area (Å²) in [4.78, 5) is 16.1. The lowest BCUT2D eigenvalue weighted by Crippen LogP contribution is -2.10. The third-order valence-corrected chi connectivity index (χ3v) is 13.0. The van der Waals surface area contributed by atoms with Crippen molar-refractivity contribution < 1.29 is 13.3 Å². The molecule has 0 spiro atoms. The van der Waals surface area contributed by atoms with E-state index in [1.807, 2.05) is 30.3 Å². The van der Waals surface area contributed by atoms with Crippen molar-refractivity contribution >= 4 is 105 Å². The molecule has 14 aromatic rings. The third kappa shape index (κ3) is 5.87. The summed E-state index contributed by atoms with van der Waals surface area (Å²) >= 11 is 0. The summed E-state index contributed by atoms with van der Waals surface area (Å²) < 4.78 is 18.4. The van der Waals surface area contributed by atoms with E-state index in [1.165, 1.54) is 0 Å². The zero-order valence-electron chi connectivity index (χ0n) is 35.1. The number of hydrogen-bond donors (Lipinski definition) is 0. The van der Waals surface area contributed by atoms with Gasteiger partial charge in [0.2, 0.25) is 17.1 Å². The van der Waals surface area contributed by atoms with Crippen LogP contribution in [0.2, 0.25) is 0 Å². The van der Waals surface area contributed by atoms with Crippen molar-refractivity contribution in [3.8, 4) is 33.5 Å². The highest BCUT2D eigenvalue weighted by atomic mass is 16.3. The van der Waals surface area contributed by atoms with Gasteiger partial charge in [0.15, 0.2) is 0 Å². The monoisotopic (exact) mass is 846 g/mol. The van der Waals surface area contributed by atoms with E-state index in [0.29, 0.717) is 17.1 Å².